The third-order valence-corrected chi connectivity index (χ3v) is 4.11. The van der Waals surface area contributed by atoms with Gasteiger partial charge in [-0.1, -0.05) is 35.9 Å². The Labute approximate surface area is 175 Å². The fraction of sp³-hybridized carbons (Fsp3) is 0.318. The molecule has 0 atom stereocenters. The van der Waals surface area contributed by atoms with Crippen LogP contribution < -0.4 is 10.4 Å². The van der Waals surface area contributed by atoms with Gasteiger partial charge in [-0.15, -0.1) is 0 Å². The molecule has 0 saturated carbocycles. The average Bonchev–Trinajstić information content (AvgIpc) is 3.04. The second-order valence-corrected chi connectivity index (χ2v) is 7.41. The standard InChI is InChI=1S/C22H26N4O4/c1-14(2)29-21(27)24-26(22(28)30-15(3)4)20-19(17-11-9-16(5)10-12-17)23-18-8-6-7-13-25(18)20/h6-15H,1-5H3,(H,24,27). The molecule has 0 saturated heterocycles. The molecule has 0 radical (unpaired) electrons. The van der Waals surface area contributed by atoms with E-state index in [0.29, 0.717) is 17.2 Å². The Balaban J connectivity index is 2.16. The number of aryl methyl sites for hydroxylation is 1. The minimum atomic E-state index is -0.772. The number of imidazole rings is 1. The van der Waals surface area contributed by atoms with Crippen molar-refractivity contribution in [3.8, 4) is 11.3 Å². The summed E-state index contributed by atoms with van der Waals surface area (Å²) in [7, 11) is 0. The molecule has 3 rings (SSSR count). The van der Waals surface area contributed by atoms with Crippen molar-refractivity contribution in [3.05, 3.63) is 54.2 Å². The van der Waals surface area contributed by atoms with E-state index >= 15 is 0 Å². The SMILES string of the molecule is Cc1ccc(-c2nc3ccccn3c2N(NC(=O)OC(C)C)C(=O)OC(C)C)cc1. The number of pyridine rings is 1. The number of benzene rings is 1. The van der Waals surface area contributed by atoms with Gasteiger partial charge in [0.15, 0.2) is 5.82 Å². The Morgan fingerprint density at radius 3 is 2.30 bits per heavy atom. The number of carbonyl (C=O) groups is 2. The zero-order valence-electron chi connectivity index (χ0n) is 17.7. The quantitative estimate of drug-likeness (QED) is 0.630. The lowest BCUT2D eigenvalue weighted by atomic mass is 10.1. The van der Waals surface area contributed by atoms with Crippen molar-refractivity contribution in [1.29, 1.82) is 0 Å². The van der Waals surface area contributed by atoms with Crippen LogP contribution in [0, 0.1) is 6.92 Å². The van der Waals surface area contributed by atoms with Gasteiger partial charge in [-0.3, -0.25) is 4.40 Å². The summed E-state index contributed by atoms with van der Waals surface area (Å²) in [6, 6.07) is 13.2. The number of hydrazine groups is 1. The van der Waals surface area contributed by atoms with E-state index in [9.17, 15) is 9.59 Å². The summed E-state index contributed by atoms with van der Waals surface area (Å²) < 4.78 is 12.3. The van der Waals surface area contributed by atoms with Crippen LogP contribution in [-0.2, 0) is 9.47 Å². The molecule has 0 aliphatic carbocycles. The Hall–Kier alpha value is -3.55. The van der Waals surface area contributed by atoms with Gasteiger partial charge >= 0.3 is 12.2 Å². The van der Waals surface area contributed by atoms with Crippen molar-refractivity contribution < 1.29 is 19.1 Å². The van der Waals surface area contributed by atoms with Crippen LogP contribution >= 0.6 is 0 Å². The Morgan fingerprint density at radius 2 is 1.67 bits per heavy atom. The van der Waals surface area contributed by atoms with Crippen molar-refractivity contribution >= 4 is 23.7 Å². The highest BCUT2D eigenvalue weighted by atomic mass is 16.6. The molecule has 1 aromatic carbocycles. The molecule has 158 valence electrons. The molecule has 8 heteroatoms. The Morgan fingerprint density at radius 1 is 1.00 bits per heavy atom. The molecule has 3 aromatic rings. The Bertz CT molecular complexity index is 1040. The van der Waals surface area contributed by atoms with Gasteiger partial charge in [-0.05, 0) is 46.8 Å². The second kappa shape index (κ2) is 8.86. The second-order valence-electron chi connectivity index (χ2n) is 7.41. The maximum absolute atomic E-state index is 12.9. The summed E-state index contributed by atoms with van der Waals surface area (Å²) in [5, 5.41) is 1.04. The number of hydrogen-bond acceptors (Lipinski definition) is 5. The minimum Gasteiger partial charge on any atom is -0.446 e. The van der Waals surface area contributed by atoms with E-state index in [0.717, 1.165) is 16.1 Å². The molecule has 2 heterocycles. The van der Waals surface area contributed by atoms with Crippen molar-refractivity contribution in [1.82, 2.24) is 14.8 Å². The van der Waals surface area contributed by atoms with Crippen molar-refractivity contribution in [2.24, 2.45) is 0 Å². The third kappa shape index (κ3) is 4.71. The normalized spacial score (nSPS) is 11.0. The Kier molecular flexibility index (Phi) is 6.25. The van der Waals surface area contributed by atoms with E-state index in [2.05, 4.69) is 10.4 Å². The van der Waals surface area contributed by atoms with E-state index in [4.69, 9.17) is 9.47 Å². The molecule has 2 aromatic heterocycles. The van der Waals surface area contributed by atoms with E-state index in [1.807, 2.05) is 49.4 Å². The number of carbonyl (C=O) groups excluding carboxylic acids is 2. The number of amides is 2. The minimum absolute atomic E-state index is 0.348. The smallest absolute Gasteiger partial charge is 0.435 e. The van der Waals surface area contributed by atoms with Crippen molar-refractivity contribution in [3.63, 3.8) is 0 Å². The molecule has 0 fully saturated rings. The number of nitrogens with one attached hydrogen (secondary N) is 1. The van der Waals surface area contributed by atoms with E-state index < -0.39 is 12.2 Å². The largest absolute Gasteiger partial charge is 0.446 e. The maximum Gasteiger partial charge on any atom is 0.435 e. The predicted octanol–water partition coefficient (Wildman–Crippen LogP) is 4.71. The summed E-state index contributed by atoms with van der Waals surface area (Å²) >= 11 is 0. The molecule has 1 N–H and O–H groups in total. The molecular weight excluding hydrogens is 384 g/mol. The van der Waals surface area contributed by atoms with Gasteiger partial charge in [-0.25, -0.2) is 20.0 Å². The average molecular weight is 410 g/mol. The third-order valence-electron chi connectivity index (χ3n) is 4.11. The molecule has 0 unspecified atom stereocenters. The van der Waals surface area contributed by atoms with Crippen LogP contribution in [0.5, 0.6) is 0 Å². The van der Waals surface area contributed by atoms with Crippen molar-refractivity contribution in [2.75, 3.05) is 5.01 Å². The molecular formula is C22H26N4O4. The van der Waals surface area contributed by atoms with Gasteiger partial charge in [0.2, 0.25) is 0 Å². The lowest BCUT2D eigenvalue weighted by Gasteiger charge is -2.24. The van der Waals surface area contributed by atoms with Crippen LogP contribution in [0.3, 0.4) is 0 Å². The van der Waals surface area contributed by atoms with Crippen LogP contribution in [0.25, 0.3) is 16.9 Å². The molecule has 0 bridgehead atoms. The summed E-state index contributed by atoms with van der Waals surface area (Å²) in [4.78, 5) is 30.0. The molecule has 8 nitrogen and oxygen atoms in total. The van der Waals surface area contributed by atoms with Gasteiger partial charge in [0.1, 0.15) is 11.3 Å². The highest BCUT2D eigenvalue weighted by Crippen LogP contribution is 2.31. The maximum atomic E-state index is 12.9. The molecule has 0 spiro atoms. The number of hydrogen-bond donors (Lipinski definition) is 1. The van der Waals surface area contributed by atoms with Crippen LogP contribution in [0.2, 0.25) is 0 Å². The number of fused-ring (bicyclic) bond motifs is 1. The first-order valence-corrected chi connectivity index (χ1v) is 9.78. The molecule has 0 aliphatic heterocycles. The number of anilines is 1. The van der Waals surface area contributed by atoms with Crippen LogP contribution in [0.1, 0.15) is 33.3 Å². The summed E-state index contributed by atoms with van der Waals surface area (Å²) in [6.45, 7) is 8.91. The zero-order chi connectivity index (χ0) is 21.8. The first kappa shape index (κ1) is 21.2. The summed E-state index contributed by atoms with van der Waals surface area (Å²) in [6.07, 6.45) is -0.492. The lowest BCUT2D eigenvalue weighted by Crippen LogP contribution is -2.48. The number of nitrogens with zero attached hydrogens (tertiary/aromatic N) is 3. The monoisotopic (exact) mass is 410 g/mol. The molecule has 0 aliphatic rings. The molecule has 2 amide bonds. The van der Waals surface area contributed by atoms with Crippen LogP contribution in [0.15, 0.2) is 48.7 Å². The highest BCUT2D eigenvalue weighted by Gasteiger charge is 2.29. The van der Waals surface area contributed by atoms with Crippen LogP contribution in [-0.4, -0.2) is 33.8 Å². The fourth-order valence-electron chi connectivity index (χ4n) is 2.87. The van der Waals surface area contributed by atoms with Gasteiger partial charge in [0.25, 0.3) is 0 Å². The van der Waals surface area contributed by atoms with E-state index in [1.54, 1.807) is 38.3 Å². The number of aromatic nitrogens is 2. The van der Waals surface area contributed by atoms with Gasteiger partial charge in [0.05, 0.1) is 12.2 Å². The number of ether oxygens (including phenoxy) is 2. The van der Waals surface area contributed by atoms with E-state index in [-0.39, 0.29) is 12.2 Å². The van der Waals surface area contributed by atoms with Gasteiger partial charge in [0, 0.05) is 11.8 Å². The van der Waals surface area contributed by atoms with Gasteiger partial charge in [-0.2, -0.15) is 5.01 Å². The zero-order valence-corrected chi connectivity index (χ0v) is 17.7. The molecule has 30 heavy (non-hydrogen) atoms. The lowest BCUT2D eigenvalue weighted by molar-refractivity contribution is 0.103. The predicted molar refractivity (Wildman–Crippen MR) is 114 cm³/mol. The van der Waals surface area contributed by atoms with Crippen molar-refractivity contribution in [2.45, 2.75) is 46.8 Å². The fourth-order valence-corrected chi connectivity index (χ4v) is 2.87. The first-order chi connectivity index (χ1) is 14.3. The van der Waals surface area contributed by atoms with Crippen LogP contribution in [0.4, 0.5) is 15.4 Å². The van der Waals surface area contributed by atoms with Gasteiger partial charge < -0.3 is 9.47 Å². The van der Waals surface area contributed by atoms with E-state index in [1.165, 1.54) is 0 Å². The topological polar surface area (TPSA) is 85.2 Å². The highest BCUT2D eigenvalue weighted by molar-refractivity contribution is 5.94. The first-order valence-electron chi connectivity index (χ1n) is 9.78. The number of rotatable bonds is 4. The summed E-state index contributed by atoms with van der Waals surface area (Å²) in [5.41, 5.74) is 5.53. The summed E-state index contributed by atoms with van der Waals surface area (Å²) in [5.74, 6) is 0.348.